The van der Waals surface area contributed by atoms with Gasteiger partial charge in [0.25, 0.3) is 0 Å². The Balaban J connectivity index is 0.00000172. The normalized spacial score (nSPS) is 25.2. The molecule has 0 nitrogen and oxygen atoms in total. The second kappa shape index (κ2) is 9.85. The predicted molar refractivity (Wildman–Crippen MR) is 94.2 cm³/mol. The van der Waals surface area contributed by atoms with E-state index in [0.29, 0.717) is 10.8 Å². The van der Waals surface area contributed by atoms with Crippen LogP contribution in [0.4, 0.5) is 0 Å². The minimum absolute atomic E-state index is 0.611. The third kappa shape index (κ3) is 5.78. The zero-order valence-corrected chi connectivity index (χ0v) is 15.6. The van der Waals surface area contributed by atoms with Gasteiger partial charge in [0.2, 0.25) is 0 Å². The second-order valence-electron chi connectivity index (χ2n) is 7.55. The van der Waals surface area contributed by atoms with Gasteiger partial charge < -0.3 is 0 Å². The van der Waals surface area contributed by atoms with Gasteiger partial charge in [0, 0.05) is 0 Å². The predicted octanol–water partition coefficient (Wildman–Crippen LogP) is 7.62. The summed E-state index contributed by atoms with van der Waals surface area (Å²) in [5.41, 5.74) is 1.31. The van der Waals surface area contributed by atoms with Crippen molar-refractivity contribution in [2.24, 2.45) is 16.7 Å². The van der Waals surface area contributed by atoms with Gasteiger partial charge in [-0.25, -0.2) is 0 Å². The van der Waals surface area contributed by atoms with Crippen molar-refractivity contribution in [1.82, 2.24) is 0 Å². The number of hydrogen-bond donors (Lipinski definition) is 0. The number of unbranched alkanes of at least 4 members (excludes halogenated alkanes) is 2. The SMILES string of the molecule is CC.CCCCC1(CCCC)CCCC(C)(C(C)C)C1. The average molecular weight is 283 g/mol. The minimum atomic E-state index is 0.611. The summed E-state index contributed by atoms with van der Waals surface area (Å²) >= 11 is 0. The lowest BCUT2D eigenvalue weighted by Crippen LogP contribution is -2.38. The topological polar surface area (TPSA) is 0 Å². The fourth-order valence-electron chi connectivity index (χ4n) is 4.05. The summed E-state index contributed by atoms with van der Waals surface area (Å²) in [6.07, 6.45) is 14.5. The summed E-state index contributed by atoms with van der Waals surface area (Å²) in [6, 6.07) is 0. The molecule has 0 bridgehead atoms. The van der Waals surface area contributed by atoms with Gasteiger partial charge in [-0.15, -0.1) is 0 Å². The van der Waals surface area contributed by atoms with E-state index in [9.17, 15) is 0 Å². The Bertz CT molecular complexity index is 220. The molecule has 122 valence electrons. The van der Waals surface area contributed by atoms with Crippen LogP contribution in [0.1, 0.15) is 113 Å². The molecule has 1 saturated carbocycles. The Kier molecular flexibility index (Phi) is 9.85. The van der Waals surface area contributed by atoms with Crippen LogP contribution in [0.25, 0.3) is 0 Å². The van der Waals surface area contributed by atoms with Crippen LogP contribution in [-0.4, -0.2) is 0 Å². The number of hydrogen-bond acceptors (Lipinski definition) is 0. The lowest BCUT2D eigenvalue weighted by Gasteiger charge is -2.49. The molecule has 1 aliphatic rings. The van der Waals surface area contributed by atoms with Gasteiger partial charge in [0.05, 0.1) is 0 Å². The summed E-state index contributed by atoms with van der Waals surface area (Å²) in [4.78, 5) is 0. The Labute approximate surface area is 130 Å². The van der Waals surface area contributed by atoms with E-state index in [-0.39, 0.29) is 0 Å². The first-order valence-electron chi connectivity index (χ1n) is 9.48. The zero-order chi connectivity index (χ0) is 15.6. The summed E-state index contributed by atoms with van der Waals surface area (Å²) in [5.74, 6) is 0.848. The molecule has 1 unspecified atom stereocenters. The van der Waals surface area contributed by atoms with Crippen molar-refractivity contribution in [3.8, 4) is 0 Å². The van der Waals surface area contributed by atoms with Crippen LogP contribution in [0.3, 0.4) is 0 Å². The van der Waals surface area contributed by atoms with Crippen LogP contribution >= 0.6 is 0 Å². The molecule has 0 aromatic carbocycles. The standard InChI is InChI=1S/C18H36.C2H6/c1-6-8-12-18(13-9-7-2)14-10-11-17(5,15-18)16(3)4;1-2/h16H,6-15H2,1-5H3;1-2H3. The summed E-state index contributed by atoms with van der Waals surface area (Å²) in [5, 5.41) is 0. The summed E-state index contributed by atoms with van der Waals surface area (Å²) < 4.78 is 0. The fourth-order valence-corrected chi connectivity index (χ4v) is 4.05. The van der Waals surface area contributed by atoms with E-state index in [1.807, 2.05) is 13.8 Å². The highest BCUT2D eigenvalue weighted by atomic mass is 14.5. The molecule has 0 aromatic heterocycles. The molecule has 0 heterocycles. The van der Waals surface area contributed by atoms with Crippen molar-refractivity contribution in [2.45, 2.75) is 113 Å². The summed E-state index contributed by atoms with van der Waals surface area (Å²) in [6.45, 7) is 16.1. The van der Waals surface area contributed by atoms with E-state index < -0.39 is 0 Å². The highest BCUT2D eigenvalue weighted by Gasteiger charge is 2.42. The monoisotopic (exact) mass is 282 g/mol. The molecule has 0 amide bonds. The molecule has 1 aliphatic carbocycles. The molecule has 0 heteroatoms. The van der Waals surface area contributed by atoms with Gasteiger partial charge in [0.1, 0.15) is 0 Å². The Hall–Kier alpha value is 0. The van der Waals surface area contributed by atoms with Crippen molar-refractivity contribution < 1.29 is 0 Å². The molecule has 0 aliphatic heterocycles. The maximum absolute atomic E-state index is 2.56. The van der Waals surface area contributed by atoms with Crippen molar-refractivity contribution in [1.29, 1.82) is 0 Å². The molecule has 0 radical (unpaired) electrons. The Morgan fingerprint density at radius 3 is 1.80 bits per heavy atom. The van der Waals surface area contributed by atoms with Crippen LogP contribution in [0.15, 0.2) is 0 Å². The molecule has 0 saturated heterocycles. The fraction of sp³-hybridized carbons (Fsp3) is 1.00. The quantitative estimate of drug-likeness (QED) is 0.450. The maximum atomic E-state index is 2.56. The largest absolute Gasteiger partial charge is 0.0683 e. The van der Waals surface area contributed by atoms with Crippen molar-refractivity contribution in [3.63, 3.8) is 0 Å². The van der Waals surface area contributed by atoms with E-state index in [1.165, 1.54) is 64.2 Å². The van der Waals surface area contributed by atoms with Gasteiger partial charge in [0.15, 0.2) is 0 Å². The van der Waals surface area contributed by atoms with Gasteiger partial charge >= 0.3 is 0 Å². The molecule has 20 heavy (non-hydrogen) atoms. The van der Waals surface area contributed by atoms with E-state index in [4.69, 9.17) is 0 Å². The molecule has 0 N–H and O–H groups in total. The van der Waals surface area contributed by atoms with Crippen LogP contribution in [0, 0.1) is 16.7 Å². The Morgan fingerprint density at radius 2 is 1.40 bits per heavy atom. The first-order valence-corrected chi connectivity index (χ1v) is 9.48. The van der Waals surface area contributed by atoms with Crippen LogP contribution in [-0.2, 0) is 0 Å². The smallest absolute Gasteiger partial charge is 0.0292 e. The maximum Gasteiger partial charge on any atom is -0.0292 e. The van der Waals surface area contributed by atoms with E-state index in [0.717, 1.165) is 5.92 Å². The van der Waals surface area contributed by atoms with E-state index in [2.05, 4.69) is 34.6 Å². The Morgan fingerprint density at radius 1 is 0.900 bits per heavy atom. The molecule has 1 rings (SSSR count). The van der Waals surface area contributed by atoms with E-state index in [1.54, 1.807) is 0 Å². The first kappa shape index (κ1) is 20.0. The van der Waals surface area contributed by atoms with Crippen molar-refractivity contribution >= 4 is 0 Å². The molecule has 1 atom stereocenters. The van der Waals surface area contributed by atoms with Crippen LogP contribution in [0.5, 0.6) is 0 Å². The molecule has 0 aromatic rings. The zero-order valence-electron chi connectivity index (χ0n) is 15.6. The molecule has 0 spiro atoms. The average Bonchev–Trinajstić information content (AvgIpc) is 2.45. The second-order valence-corrected chi connectivity index (χ2v) is 7.55. The highest BCUT2D eigenvalue weighted by molar-refractivity contribution is 4.93. The van der Waals surface area contributed by atoms with Gasteiger partial charge in [-0.2, -0.15) is 0 Å². The lowest BCUT2D eigenvalue weighted by molar-refractivity contribution is 0.0194. The van der Waals surface area contributed by atoms with Crippen LogP contribution < -0.4 is 0 Å². The van der Waals surface area contributed by atoms with Crippen molar-refractivity contribution in [2.75, 3.05) is 0 Å². The number of rotatable bonds is 7. The molecular weight excluding hydrogens is 240 g/mol. The van der Waals surface area contributed by atoms with Gasteiger partial charge in [-0.1, -0.05) is 80.6 Å². The van der Waals surface area contributed by atoms with Gasteiger partial charge in [-0.05, 0) is 48.9 Å². The third-order valence-corrected chi connectivity index (χ3v) is 5.75. The van der Waals surface area contributed by atoms with E-state index >= 15 is 0 Å². The molecule has 1 fully saturated rings. The van der Waals surface area contributed by atoms with Crippen LogP contribution in [0.2, 0.25) is 0 Å². The molecular formula is C20H42. The highest BCUT2D eigenvalue weighted by Crippen LogP contribution is 2.54. The van der Waals surface area contributed by atoms with Gasteiger partial charge in [-0.3, -0.25) is 0 Å². The first-order chi connectivity index (χ1) is 9.48. The minimum Gasteiger partial charge on any atom is -0.0683 e. The third-order valence-electron chi connectivity index (χ3n) is 5.75. The van der Waals surface area contributed by atoms with Crippen molar-refractivity contribution in [3.05, 3.63) is 0 Å². The summed E-state index contributed by atoms with van der Waals surface area (Å²) in [7, 11) is 0. The lowest BCUT2D eigenvalue weighted by atomic mass is 9.56.